The van der Waals surface area contributed by atoms with Crippen molar-refractivity contribution in [3.8, 4) is 27.6 Å². The summed E-state index contributed by atoms with van der Waals surface area (Å²) >= 11 is 6.39. The Hall–Kier alpha value is -5.00. The van der Waals surface area contributed by atoms with Crippen molar-refractivity contribution in [2.75, 3.05) is 0 Å². The Labute approximate surface area is 239 Å². The van der Waals surface area contributed by atoms with Crippen LogP contribution >= 0.6 is 23.6 Å². The highest BCUT2D eigenvalue weighted by molar-refractivity contribution is 7.80. The van der Waals surface area contributed by atoms with Crippen LogP contribution in [-0.2, 0) is 0 Å². The molecule has 3 N–H and O–H groups in total. The van der Waals surface area contributed by atoms with Gasteiger partial charge in [-0.15, -0.1) is 0 Å². The Morgan fingerprint density at radius 1 is 1.05 bits per heavy atom. The molecule has 0 saturated carbocycles. The quantitative estimate of drug-likeness (QED) is 0.100. The van der Waals surface area contributed by atoms with Crippen LogP contribution in [0.4, 0.5) is 5.69 Å². The van der Waals surface area contributed by atoms with E-state index in [-0.39, 0.29) is 10.8 Å². The van der Waals surface area contributed by atoms with Gasteiger partial charge in [0.25, 0.3) is 5.69 Å². The first-order valence-electron chi connectivity index (χ1n) is 12.1. The predicted molar refractivity (Wildman–Crippen MR) is 163 cm³/mol. The van der Waals surface area contributed by atoms with Gasteiger partial charge in [-0.05, 0) is 49.0 Å². The molecule has 2 aromatic heterocycles. The standard InChI is InChI=1S/C29H23N7O2S2/c1-19-27(24(32-33-28(30)39)17-14-20-12-15-23(16-13-20)36(37)38)40-29(31-19)35-26(22-10-6-3-7-11-22)18-25(34-35)21-8-4-2-5-9-21/h2-18H,1H3,(H3,30,33,39). The van der Waals surface area contributed by atoms with Crippen molar-refractivity contribution in [3.63, 3.8) is 0 Å². The molecule has 0 saturated heterocycles. The Kier molecular flexibility index (Phi) is 7.85. The maximum Gasteiger partial charge on any atom is 0.269 e. The smallest absolute Gasteiger partial charge is 0.269 e. The molecule has 0 spiro atoms. The number of hydrogen-bond acceptors (Lipinski definition) is 7. The Bertz CT molecular complexity index is 1730. The lowest BCUT2D eigenvalue weighted by Gasteiger charge is -2.04. The van der Waals surface area contributed by atoms with Crippen molar-refractivity contribution in [1.29, 1.82) is 0 Å². The zero-order chi connectivity index (χ0) is 28.1. The van der Waals surface area contributed by atoms with E-state index in [2.05, 4.69) is 16.6 Å². The van der Waals surface area contributed by atoms with Crippen molar-refractivity contribution < 1.29 is 4.92 Å². The first-order chi connectivity index (χ1) is 19.4. The van der Waals surface area contributed by atoms with Crippen LogP contribution in [0.5, 0.6) is 0 Å². The van der Waals surface area contributed by atoms with Crippen molar-refractivity contribution in [2.24, 2.45) is 10.8 Å². The van der Waals surface area contributed by atoms with E-state index in [4.69, 9.17) is 28.0 Å². The van der Waals surface area contributed by atoms with Crippen LogP contribution in [-0.4, -0.2) is 30.5 Å². The van der Waals surface area contributed by atoms with E-state index in [9.17, 15) is 10.1 Å². The number of thiocarbonyl (C=S) groups is 1. The maximum absolute atomic E-state index is 11.0. The molecule has 0 radical (unpaired) electrons. The molecule has 2 heterocycles. The fourth-order valence-electron chi connectivity index (χ4n) is 3.96. The van der Waals surface area contributed by atoms with Gasteiger partial charge in [0, 0.05) is 23.3 Å². The fourth-order valence-corrected chi connectivity index (χ4v) is 5.01. The molecule has 0 aliphatic carbocycles. The molecule has 11 heteroatoms. The van der Waals surface area contributed by atoms with Gasteiger partial charge in [-0.2, -0.15) is 10.2 Å². The molecule has 0 aliphatic rings. The number of hydrazone groups is 1. The van der Waals surface area contributed by atoms with Crippen molar-refractivity contribution in [3.05, 3.63) is 123 Å². The number of allylic oxidation sites excluding steroid dienone is 1. The lowest BCUT2D eigenvalue weighted by atomic mass is 10.1. The number of nitrogens with zero attached hydrogens (tertiary/aromatic N) is 5. The number of thiazole rings is 1. The van der Waals surface area contributed by atoms with Gasteiger partial charge in [-0.1, -0.05) is 78.1 Å². The minimum Gasteiger partial charge on any atom is -0.375 e. The summed E-state index contributed by atoms with van der Waals surface area (Å²) in [6.45, 7) is 1.90. The fraction of sp³-hybridized carbons (Fsp3) is 0.0345. The Morgan fingerprint density at radius 2 is 1.70 bits per heavy atom. The average Bonchev–Trinajstić information content (AvgIpc) is 3.58. The SMILES string of the molecule is Cc1nc(-n2nc(-c3ccccc3)cc2-c2ccccc2)sc1C(C=Cc1ccc([N+](=O)[O-])cc1)=NNC(N)=S. The van der Waals surface area contributed by atoms with E-state index in [0.29, 0.717) is 10.8 Å². The summed E-state index contributed by atoms with van der Waals surface area (Å²) < 4.78 is 1.84. The Balaban J connectivity index is 1.56. The van der Waals surface area contributed by atoms with Crippen LogP contribution in [0.25, 0.3) is 33.7 Å². The number of hydrogen-bond donors (Lipinski definition) is 2. The second kappa shape index (κ2) is 11.8. The highest BCUT2D eigenvalue weighted by Gasteiger charge is 2.19. The first-order valence-corrected chi connectivity index (χ1v) is 13.4. The summed E-state index contributed by atoms with van der Waals surface area (Å²) in [5.41, 5.74) is 14.1. The van der Waals surface area contributed by atoms with E-state index < -0.39 is 4.92 Å². The molecule has 40 heavy (non-hydrogen) atoms. The third-order valence-corrected chi connectivity index (χ3v) is 7.12. The summed E-state index contributed by atoms with van der Waals surface area (Å²) in [6, 6.07) is 28.3. The molecular weight excluding hydrogens is 543 g/mol. The predicted octanol–water partition coefficient (Wildman–Crippen LogP) is 6.13. The lowest BCUT2D eigenvalue weighted by molar-refractivity contribution is -0.384. The van der Waals surface area contributed by atoms with E-state index >= 15 is 0 Å². The molecule has 9 nitrogen and oxygen atoms in total. The van der Waals surface area contributed by atoms with E-state index in [1.54, 1.807) is 24.3 Å². The molecule has 5 rings (SSSR count). The topological polar surface area (TPSA) is 124 Å². The van der Waals surface area contributed by atoms with Crippen LogP contribution in [0.15, 0.2) is 102 Å². The van der Waals surface area contributed by atoms with Gasteiger partial charge in [-0.3, -0.25) is 15.5 Å². The van der Waals surface area contributed by atoms with E-state index in [1.165, 1.54) is 23.5 Å². The molecule has 3 aromatic carbocycles. The summed E-state index contributed by atoms with van der Waals surface area (Å²) in [5, 5.41) is 21.0. The number of benzene rings is 3. The molecule has 0 amide bonds. The van der Waals surface area contributed by atoms with Crippen molar-refractivity contribution in [1.82, 2.24) is 20.2 Å². The second-order valence-corrected chi connectivity index (χ2v) is 10.0. The number of nitro benzene ring substituents is 1. The largest absolute Gasteiger partial charge is 0.375 e. The monoisotopic (exact) mass is 565 g/mol. The van der Waals surface area contributed by atoms with Gasteiger partial charge in [-0.25, -0.2) is 9.67 Å². The number of nitrogens with one attached hydrogen (secondary N) is 1. The molecule has 198 valence electrons. The number of aromatic nitrogens is 3. The minimum atomic E-state index is -0.434. The molecule has 0 atom stereocenters. The molecule has 0 bridgehead atoms. The number of nitro groups is 1. The first kappa shape index (κ1) is 26.6. The van der Waals surface area contributed by atoms with Crippen molar-refractivity contribution in [2.45, 2.75) is 6.92 Å². The lowest BCUT2D eigenvalue weighted by Crippen LogP contribution is -2.25. The van der Waals surface area contributed by atoms with Crippen molar-refractivity contribution >= 4 is 46.1 Å². The average molecular weight is 566 g/mol. The van der Waals surface area contributed by atoms with Gasteiger partial charge in [0.2, 0.25) is 5.13 Å². The van der Waals surface area contributed by atoms with Gasteiger partial charge < -0.3 is 5.73 Å². The minimum absolute atomic E-state index is 0.0208. The van der Waals surface area contributed by atoms with Crippen LogP contribution in [0.1, 0.15) is 16.1 Å². The molecule has 0 unspecified atom stereocenters. The molecule has 0 aliphatic heterocycles. The van der Waals surface area contributed by atoms with Gasteiger partial charge in [0.15, 0.2) is 5.11 Å². The summed E-state index contributed by atoms with van der Waals surface area (Å²) in [4.78, 5) is 16.2. The number of aryl methyl sites for hydroxylation is 1. The number of rotatable bonds is 8. The summed E-state index contributed by atoms with van der Waals surface area (Å²) in [5.74, 6) is 0. The number of non-ortho nitro benzene ring substituents is 1. The van der Waals surface area contributed by atoms with E-state index in [0.717, 1.165) is 38.6 Å². The molecular formula is C29H23N7O2S2. The highest BCUT2D eigenvalue weighted by Crippen LogP contribution is 2.31. The highest BCUT2D eigenvalue weighted by atomic mass is 32.1. The normalized spacial score (nSPS) is 11.6. The van der Waals surface area contributed by atoms with Gasteiger partial charge in [0.05, 0.1) is 26.9 Å². The molecule has 5 aromatic rings. The van der Waals surface area contributed by atoms with E-state index in [1.807, 2.05) is 72.3 Å². The van der Waals surface area contributed by atoms with Gasteiger partial charge in [0.1, 0.15) is 5.71 Å². The number of nitrogens with two attached hydrogens (primary N) is 1. The maximum atomic E-state index is 11.0. The summed E-state index contributed by atoms with van der Waals surface area (Å²) in [7, 11) is 0. The van der Waals surface area contributed by atoms with Crippen LogP contribution in [0, 0.1) is 17.0 Å². The van der Waals surface area contributed by atoms with Crippen LogP contribution in [0.3, 0.4) is 0 Å². The third-order valence-electron chi connectivity index (χ3n) is 5.87. The van der Waals surface area contributed by atoms with Crippen LogP contribution in [0.2, 0.25) is 0 Å². The van der Waals surface area contributed by atoms with Gasteiger partial charge >= 0.3 is 0 Å². The second-order valence-electron chi connectivity index (χ2n) is 8.62. The third kappa shape index (κ3) is 6.01. The molecule has 0 fully saturated rings. The Morgan fingerprint density at radius 3 is 2.33 bits per heavy atom. The van der Waals surface area contributed by atoms with Crippen LogP contribution < -0.4 is 11.2 Å². The zero-order valence-corrected chi connectivity index (χ0v) is 22.9. The summed E-state index contributed by atoms with van der Waals surface area (Å²) in [6.07, 6.45) is 3.59. The zero-order valence-electron chi connectivity index (χ0n) is 21.3.